The summed E-state index contributed by atoms with van der Waals surface area (Å²) < 4.78 is 1.86. The van der Waals surface area contributed by atoms with Crippen molar-refractivity contribution in [2.24, 2.45) is 24.8 Å². The lowest BCUT2D eigenvalue weighted by molar-refractivity contribution is 0.414. The third-order valence-corrected chi connectivity index (χ3v) is 3.91. The van der Waals surface area contributed by atoms with Crippen molar-refractivity contribution < 1.29 is 0 Å². The number of hydrogen-bond donors (Lipinski definition) is 1. The molecule has 86 valence electrons. The van der Waals surface area contributed by atoms with E-state index in [1.165, 1.54) is 18.4 Å². The largest absolute Gasteiger partial charge is 0.312 e. The van der Waals surface area contributed by atoms with E-state index in [0.29, 0.717) is 0 Å². The van der Waals surface area contributed by atoms with E-state index in [1.807, 2.05) is 17.9 Å². The second-order valence-corrected chi connectivity index (χ2v) is 5.19. The van der Waals surface area contributed by atoms with Crippen LogP contribution in [0.5, 0.6) is 0 Å². The van der Waals surface area contributed by atoms with Gasteiger partial charge in [0.15, 0.2) is 0 Å². The molecule has 1 saturated carbocycles. The number of aryl methyl sites for hydroxylation is 1. The van der Waals surface area contributed by atoms with Gasteiger partial charge in [-0.05, 0) is 37.1 Å². The molecule has 2 aliphatic carbocycles. The van der Waals surface area contributed by atoms with Crippen LogP contribution in [0.2, 0.25) is 0 Å². The molecule has 1 aromatic heterocycles. The zero-order chi connectivity index (χ0) is 11.0. The molecule has 1 fully saturated rings. The molecule has 0 aliphatic heterocycles. The van der Waals surface area contributed by atoms with Crippen LogP contribution >= 0.6 is 0 Å². The molecule has 0 radical (unpaired) electrons. The van der Waals surface area contributed by atoms with E-state index in [0.717, 1.165) is 30.8 Å². The van der Waals surface area contributed by atoms with Crippen molar-refractivity contribution in [2.45, 2.75) is 19.4 Å². The molecule has 3 atom stereocenters. The maximum Gasteiger partial charge on any atom is 0.0534 e. The van der Waals surface area contributed by atoms with Crippen LogP contribution in [-0.2, 0) is 13.6 Å². The van der Waals surface area contributed by atoms with Crippen LogP contribution in [0.4, 0.5) is 0 Å². The molecule has 0 spiro atoms. The van der Waals surface area contributed by atoms with Gasteiger partial charge in [-0.25, -0.2) is 0 Å². The molecule has 1 aromatic rings. The standard InChI is InChI=1S/C13H19N3/c1-16-9-11(7-15-16)6-14-8-13-5-10-2-3-12(13)4-10/h2-3,7,9-10,12-14H,4-6,8H2,1H3. The Morgan fingerprint density at radius 2 is 2.38 bits per heavy atom. The summed E-state index contributed by atoms with van der Waals surface area (Å²) in [4.78, 5) is 0. The molecule has 3 unspecified atom stereocenters. The summed E-state index contributed by atoms with van der Waals surface area (Å²) in [5.74, 6) is 2.60. The normalized spacial score (nSPS) is 31.4. The van der Waals surface area contributed by atoms with Gasteiger partial charge in [0.2, 0.25) is 0 Å². The highest BCUT2D eigenvalue weighted by Crippen LogP contribution is 2.42. The minimum absolute atomic E-state index is 0.853. The molecule has 2 aliphatic rings. The Bertz CT molecular complexity index is 394. The van der Waals surface area contributed by atoms with Gasteiger partial charge in [-0.3, -0.25) is 4.68 Å². The highest BCUT2D eigenvalue weighted by atomic mass is 15.2. The first-order valence-electron chi connectivity index (χ1n) is 6.18. The maximum atomic E-state index is 4.17. The highest BCUT2D eigenvalue weighted by molar-refractivity contribution is 5.10. The maximum absolute atomic E-state index is 4.17. The Kier molecular flexibility index (Phi) is 2.56. The fourth-order valence-electron chi connectivity index (χ4n) is 3.09. The van der Waals surface area contributed by atoms with Gasteiger partial charge in [0.1, 0.15) is 0 Å². The van der Waals surface area contributed by atoms with Crippen LogP contribution < -0.4 is 5.32 Å². The molecular weight excluding hydrogens is 198 g/mol. The van der Waals surface area contributed by atoms with E-state index in [9.17, 15) is 0 Å². The van der Waals surface area contributed by atoms with Crippen LogP contribution in [0.3, 0.4) is 0 Å². The summed E-state index contributed by atoms with van der Waals surface area (Å²) in [5.41, 5.74) is 1.28. The predicted octanol–water partition coefficient (Wildman–Crippen LogP) is 1.72. The van der Waals surface area contributed by atoms with Crippen molar-refractivity contribution in [3.8, 4) is 0 Å². The van der Waals surface area contributed by atoms with Gasteiger partial charge in [-0.15, -0.1) is 0 Å². The second-order valence-electron chi connectivity index (χ2n) is 5.19. The summed E-state index contributed by atoms with van der Waals surface area (Å²) >= 11 is 0. The quantitative estimate of drug-likeness (QED) is 0.778. The Hall–Kier alpha value is -1.09. The van der Waals surface area contributed by atoms with Gasteiger partial charge >= 0.3 is 0 Å². The molecule has 1 heterocycles. The second kappa shape index (κ2) is 4.06. The molecule has 3 nitrogen and oxygen atoms in total. The van der Waals surface area contributed by atoms with Crippen molar-refractivity contribution in [3.63, 3.8) is 0 Å². The third kappa shape index (κ3) is 1.92. The molecule has 0 aromatic carbocycles. The molecule has 3 heteroatoms. The summed E-state index contributed by atoms with van der Waals surface area (Å²) in [6, 6.07) is 0. The summed E-state index contributed by atoms with van der Waals surface area (Å²) in [5, 5.41) is 7.73. The van der Waals surface area contributed by atoms with Gasteiger partial charge in [-0.2, -0.15) is 5.10 Å². The molecule has 2 bridgehead atoms. The molecular formula is C13H19N3. The topological polar surface area (TPSA) is 29.9 Å². The number of rotatable bonds is 4. The molecule has 1 N–H and O–H groups in total. The molecule has 3 rings (SSSR count). The number of nitrogens with one attached hydrogen (secondary N) is 1. The third-order valence-electron chi connectivity index (χ3n) is 3.91. The predicted molar refractivity (Wildman–Crippen MR) is 63.8 cm³/mol. The van der Waals surface area contributed by atoms with Gasteiger partial charge in [-0.1, -0.05) is 12.2 Å². The smallest absolute Gasteiger partial charge is 0.0534 e. The highest BCUT2D eigenvalue weighted by Gasteiger charge is 2.34. The lowest BCUT2D eigenvalue weighted by Gasteiger charge is -2.18. The van der Waals surface area contributed by atoms with Crippen LogP contribution in [0, 0.1) is 17.8 Å². The van der Waals surface area contributed by atoms with E-state index < -0.39 is 0 Å². The van der Waals surface area contributed by atoms with E-state index in [2.05, 4.69) is 28.8 Å². The van der Waals surface area contributed by atoms with Crippen molar-refractivity contribution in [2.75, 3.05) is 6.54 Å². The first-order valence-corrected chi connectivity index (χ1v) is 6.18. The number of allylic oxidation sites excluding steroid dienone is 2. The molecule has 0 saturated heterocycles. The van der Waals surface area contributed by atoms with Gasteiger partial charge in [0.05, 0.1) is 6.20 Å². The lowest BCUT2D eigenvalue weighted by Crippen LogP contribution is -2.24. The summed E-state index contributed by atoms with van der Waals surface area (Å²) in [6.45, 7) is 2.10. The summed E-state index contributed by atoms with van der Waals surface area (Å²) in [6.07, 6.45) is 11.6. The zero-order valence-corrected chi connectivity index (χ0v) is 9.76. The Morgan fingerprint density at radius 1 is 1.44 bits per heavy atom. The minimum Gasteiger partial charge on any atom is -0.312 e. The zero-order valence-electron chi connectivity index (χ0n) is 9.76. The average Bonchev–Trinajstić information content (AvgIpc) is 2.94. The van der Waals surface area contributed by atoms with Gasteiger partial charge in [0.25, 0.3) is 0 Å². The van der Waals surface area contributed by atoms with E-state index in [4.69, 9.17) is 0 Å². The average molecular weight is 217 g/mol. The first-order chi connectivity index (χ1) is 7.81. The van der Waals surface area contributed by atoms with Gasteiger partial charge < -0.3 is 5.32 Å². The number of fused-ring (bicyclic) bond motifs is 2. The number of hydrogen-bond acceptors (Lipinski definition) is 2. The number of aromatic nitrogens is 2. The van der Waals surface area contributed by atoms with Gasteiger partial charge in [0, 0.05) is 25.4 Å². The van der Waals surface area contributed by atoms with Crippen molar-refractivity contribution in [1.82, 2.24) is 15.1 Å². The molecule has 16 heavy (non-hydrogen) atoms. The molecule has 0 amide bonds. The Balaban J connectivity index is 1.46. The van der Waals surface area contributed by atoms with Crippen LogP contribution in [-0.4, -0.2) is 16.3 Å². The first kappa shape index (κ1) is 10.1. The fraction of sp³-hybridized carbons (Fsp3) is 0.615. The van der Waals surface area contributed by atoms with E-state index >= 15 is 0 Å². The van der Waals surface area contributed by atoms with E-state index in [1.54, 1.807) is 0 Å². The monoisotopic (exact) mass is 217 g/mol. The lowest BCUT2D eigenvalue weighted by atomic mass is 9.93. The fourth-order valence-corrected chi connectivity index (χ4v) is 3.09. The van der Waals surface area contributed by atoms with E-state index in [-0.39, 0.29) is 0 Å². The Morgan fingerprint density at radius 3 is 3.00 bits per heavy atom. The minimum atomic E-state index is 0.853. The SMILES string of the molecule is Cn1cc(CNCC2CC3C=CC2C3)cn1. The van der Waals surface area contributed by atoms with Crippen molar-refractivity contribution in [3.05, 3.63) is 30.1 Å². The van der Waals surface area contributed by atoms with Crippen LogP contribution in [0.1, 0.15) is 18.4 Å². The number of nitrogens with zero attached hydrogens (tertiary/aromatic N) is 2. The summed E-state index contributed by atoms with van der Waals surface area (Å²) in [7, 11) is 1.96. The Labute approximate surface area is 96.5 Å². The van der Waals surface area contributed by atoms with Crippen LogP contribution in [0.15, 0.2) is 24.5 Å². The van der Waals surface area contributed by atoms with Crippen molar-refractivity contribution in [1.29, 1.82) is 0 Å². The van der Waals surface area contributed by atoms with Crippen LogP contribution in [0.25, 0.3) is 0 Å². The van der Waals surface area contributed by atoms with Crippen molar-refractivity contribution >= 4 is 0 Å².